The molecule has 1 aromatic heterocycles. The van der Waals surface area contributed by atoms with E-state index in [0.717, 1.165) is 0 Å². The van der Waals surface area contributed by atoms with Crippen LogP contribution in [0.1, 0.15) is 0 Å². The van der Waals surface area contributed by atoms with Crippen LogP contribution in [0.15, 0.2) is 12.1 Å². The molecule has 6 heteroatoms. The number of hydrogen-bond donors (Lipinski definition) is 2. The van der Waals surface area contributed by atoms with E-state index in [-0.39, 0.29) is 12.5 Å². The third kappa shape index (κ3) is 2.75. The highest BCUT2D eigenvalue weighted by atomic mass is 16.5. The Kier molecular flexibility index (Phi) is 3.93. The molecule has 1 rings (SSSR count). The normalized spacial score (nSPS) is 9.69. The van der Waals surface area contributed by atoms with Crippen molar-refractivity contribution in [3.8, 4) is 5.88 Å². The molecule has 0 spiro atoms. The van der Waals surface area contributed by atoms with Crippen LogP contribution in [-0.2, 0) is 4.79 Å². The van der Waals surface area contributed by atoms with Crippen LogP contribution in [-0.4, -0.2) is 38.6 Å². The highest BCUT2D eigenvalue weighted by Crippen LogP contribution is 2.21. The molecule has 0 aliphatic carbocycles. The summed E-state index contributed by atoms with van der Waals surface area (Å²) in [5.74, 6) is 0.913. The first-order chi connectivity index (χ1) is 7.58. The van der Waals surface area contributed by atoms with E-state index in [2.05, 4.69) is 10.3 Å². The number of ether oxygens (including phenoxy) is 1. The number of pyridine rings is 1. The second-order valence-electron chi connectivity index (χ2n) is 3.30. The monoisotopic (exact) mass is 224 g/mol. The molecule has 88 valence electrons. The molecular weight excluding hydrogens is 208 g/mol. The van der Waals surface area contributed by atoms with E-state index in [4.69, 9.17) is 10.5 Å². The van der Waals surface area contributed by atoms with E-state index >= 15 is 0 Å². The number of carbonyl (C=O) groups is 1. The maximum Gasteiger partial charge on any atom is 0.239 e. The molecule has 0 saturated carbocycles. The molecule has 1 heterocycles. The van der Waals surface area contributed by atoms with Gasteiger partial charge in [-0.2, -0.15) is 4.98 Å². The van der Waals surface area contributed by atoms with Gasteiger partial charge in [-0.25, -0.2) is 0 Å². The Labute approximate surface area is 94.4 Å². The highest BCUT2D eigenvalue weighted by molar-refractivity contribution is 5.80. The number of rotatable bonds is 4. The first-order valence-electron chi connectivity index (χ1n) is 4.80. The lowest BCUT2D eigenvalue weighted by Gasteiger charge is -2.17. The number of likely N-dealkylation sites (N-methyl/N-ethyl adjacent to an activating group) is 2. The van der Waals surface area contributed by atoms with Crippen molar-refractivity contribution in [1.82, 2.24) is 10.3 Å². The molecule has 3 N–H and O–H groups in total. The quantitative estimate of drug-likeness (QED) is 0.743. The predicted molar refractivity (Wildman–Crippen MR) is 62.5 cm³/mol. The third-order valence-electron chi connectivity index (χ3n) is 2.12. The molecule has 0 radical (unpaired) electrons. The minimum absolute atomic E-state index is 0.0832. The SMILES string of the molecule is CNC(=O)CN(C)c1ccc(N)c(OC)n1. The highest BCUT2D eigenvalue weighted by Gasteiger charge is 2.09. The number of nitrogen functional groups attached to an aromatic ring is 1. The molecule has 0 bridgehead atoms. The lowest BCUT2D eigenvalue weighted by Crippen LogP contribution is -2.33. The average molecular weight is 224 g/mol. The van der Waals surface area contributed by atoms with Crippen LogP contribution in [0.4, 0.5) is 11.5 Å². The summed E-state index contributed by atoms with van der Waals surface area (Å²) in [7, 11) is 4.86. The molecule has 0 atom stereocenters. The Hall–Kier alpha value is -1.98. The number of anilines is 2. The van der Waals surface area contributed by atoms with Crippen LogP contribution < -0.4 is 20.7 Å². The van der Waals surface area contributed by atoms with Crippen LogP contribution in [0.3, 0.4) is 0 Å². The Morgan fingerprint density at radius 1 is 1.62 bits per heavy atom. The Morgan fingerprint density at radius 2 is 2.31 bits per heavy atom. The lowest BCUT2D eigenvalue weighted by molar-refractivity contribution is -0.119. The summed E-state index contributed by atoms with van der Waals surface area (Å²) in [6.07, 6.45) is 0. The van der Waals surface area contributed by atoms with Crippen molar-refractivity contribution in [3.05, 3.63) is 12.1 Å². The summed E-state index contributed by atoms with van der Waals surface area (Å²) in [6, 6.07) is 3.43. The summed E-state index contributed by atoms with van der Waals surface area (Å²) < 4.78 is 5.00. The van der Waals surface area contributed by atoms with Gasteiger partial charge in [0, 0.05) is 14.1 Å². The molecule has 0 saturated heterocycles. The van der Waals surface area contributed by atoms with Gasteiger partial charge in [-0.05, 0) is 12.1 Å². The van der Waals surface area contributed by atoms with E-state index in [1.807, 2.05) is 0 Å². The Morgan fingerprint density at radius 3 is 2.88 bits per heavy atom. The molecule has 0 aliphatic heterocycles. The predicted octanol–water partition coefficient (Wildman–Crippen LogP) is -0.145. The second-order valence-corrected chi connectivity index (χ2v) is 3.30. The lowest BCUT2D eigenvalue weighted by atomic mass is 10.3. The maximum atomic E-state index is 11.2. The van der Waals surface area contributed by atoms with E-state index in [9.17, 15) is 4.79 Å². The summed E-state index contributed by atoms with van der Waals surface area (Å²) in [6.45, 7) is 0.233. The van der Waals surface area contributed by atoms with E-state index in [1.54, 1.807) is 31.1 Å². The third-order valence-corrected chi connectivity index (χ3v) is 2.12. The molecule has 0 unspecified atom stereocenters. The van der Waals surface area contributed by atoms with Gasteiger partial charge in [-0.3, -0.25) is 4.79 Å². The zero-order valence-electron chi connectivity index (χ0n) is 9.65. The van der Waals surface area contributed by atoms with Crippen molar-refractivity contribution in [2.75, 3.05) is 38.4 Å². The number of carbonyl (C=O) groups excluding carboxylic acids is 1. The number of amides is 1. The number of nitrogens with two attached hydrogens (primary N) is 1. The van der Waals surface area contributed by atoms with Gasteiger partial charge in [-0.15, -0.1) is 0 Å². The smallest absolute Gasteiger partial charge is 0.239 e. The topological polar surface area (TPSA) is 80.5 Å². The molecule has 1 aromatic rings. The van der Waals surface area contributed by atoms with Gasteiger partial charge in [0.05, 0.1) is 19.3 Å². The van der Waals surface area contributed by atoms with Gasteiger partial charge in [0.15, 0.2) is 0 Å². The van der Waals surface area contributed by atoms with Gasteiger partial charge < -0.3 is 20.7 Å². The van der Waals surface area contributed by atoms with Gasteiger partial charge in [0.1, 0.15) is 5.82 Å². The average Bonchev–Trinajstić information content (AvgIpc) is 2.29. The van der Waals surface area contributed by atoms with Crippen LogP contribution in [0.25, 0.3) is 0 Å². The Bertz CT molecular complexity index is 381. The van der Waals surface area contributed by atoms with Crippen LogP contribution in [0, 0.1) is 0 Å². The van der Waals surface area contributed by atoms with Crippen molar-refractivity contribution < 1.29 is 9.53 Å². The molecule has 16 heavy (non-hydrogen) atoms. The van der Waals surface area contributed by atoms with Crippen molar-refractivity contribution in [1.29, 1.82) is 0 Å². The second kappa shape index (κ2) is 5.20. The molecule has 0 aliphatic rings. The first-order valence-corrected chi connectivity index (χ1v) is 4.80. The zero-order valence-corrected chi connectivity index (χ0v) is 9.65. The number of hydrogen-bond acceptors (Lipinski definition) is 5. The Balaban J connectivity index is 2.83. The number of methoxy groups -OCH3 is 1. The van der Waals surface area contributed by atoms with Gasteiger partial charge in [-0.1, -0.05) is 0 Å². The zero-order chi connectivity index (χ0) is 12.1. The summed E-state index contributed by atoms with van der Waals surface area (Å²) in [5.41, 5.74) is 6.11. The van der Waals surface area contributed by atoms with E-state index in [0.29, 0.717) is 17.4 Å². The van der Waals surface area contributed by atoms with Gasteiger partial charge in [0.25, 0.3) is 0 Å². The molecule has 1 amide bonds. The first kappa shape index (κ1) is 12.1. The van der Waals surface area contributed by atoms with Gasteiger partial charge >= 0.3 is 0 Å². The minimum atomic E-state index is -0.0832. The van der Waals surface area contributed by atoms with Crippen LogP contribution in [0.5, 0.6) is 5.88 Å². The van der Waals surface area contributed by atoms with Crippen LogP contribution in [0.2, 0.25) is 0 Å². The molecule has 6 nitrogen and oxygen atoms in total. The van der Waals surface area contributed by atoms with Crippen LogP contribution >= 0.6 is 0 Å². The van der Waals surface area contributed by atoms with E-state index in [1.165, 1.54) is 7.11 Å². The molecule has 0 aromatic carbocycles. The van der Waals surface area contributed by atoms with Gasteiger partial charge in [0.2, 0.25) is 11.8 Å². The fraction of sp³-hybridized carbons (Fsp3) is 0.400. The fourth-order valence-corrected chi connectivity index (χ4v) is 1.19. The van der Waals surface area contributed by atoms with Crippen molar-refractivity contribution in [3.63, 3.8) is 0 Å². The van der Waals surface area contributed by atoms with Crippen molar-refractivity contribution >= 4 is 17.4 Å². The summed E-state index contributed by atoms with van der Waals surface area (Å²) in [4.78, 5) is 17.1. The largest absolute Gasteiger partial charge is 0.479 e. The fourth-order valence-electron chi connectivity index (χ4n) is 1.19. The van der Waals surface area contributed by atoms with E-state index < -0.39 is 0 Å². The molecular formula is C10H16N4O2. The van der Waals surface area contributed by atoms with Crippen molar-refractivity contribution in [2.45, 2.75) is 0 Å². The molecule has 0 fully saturated rings. The standard InChI is InChI=1S/C10H16N4O2/c1-12-9(15)6-14(2)8-5-4-7(11)10(13-8)16-3/h4-5H,6,11H2,1-3H3,(H,12,15). The van der Waals surface area contributed by atoms with Crippen molar-refractivity contribution in [2.24, 2.45) is 0 Å². The summed E-state index contributed by atoms with van der Waals surface area (Å²) in [5, 5.41) is 2.54. The number of nitrogens with one attached hydrogen (secondary N) is 1. The maximum absolute atomic E-state index is 11.2. The summed E-state index contributed by atoms with van der Waals surface area (Å²) >= 11 is 0. The minimum Gasteiger partial charge on any atom is -0.479 e. The number of aromatic nitrogens is 1. The number of nitrogens with zero attached hydrogens (tertiary/aromatic N) is 2.